The highest BCUT2D eigenvalue weighted by Crippen LogP contribution is 2.23. The number of hydrogen-bond acceptors (Lipinski definition) is 3. The zero-order valence-electron chi connectivity index (χ0n) is 15.6. The molecule has 142 valence electrons. The Balaban J connectivity index is 1.60. The van der Waals surface area contributed by atoms with E-state index in [-0.39, 0.29) is 11.8 Å². The molecule has 28 heavy (non-hydrogen) atoms. The van der Waals surface area contributed by atoms with Crippen LogP contribution in [0.5, 0.6) is 0 Å². The van der Waals surface area contributed by atoms with Crippen LogP contribution in [0, 0.1) is 0 Å². The lowest BCUT2D eigenvalue weighted by Crippen LogP contribution is -2.30. The summed E-state index contributed by atoms with van der Waals surface area (Å²) in [5, 5.41) is 0. The van der Waals surface area contributed by atoms with E-state index in [0.29, 0.717) is 31.6 Å². The second-order valence-electron chi connectivity index (χ2n) is 6.93. The lowest BCUT2D eigenvalue weighted by molar-refractivity contribution is -0.117. The molecule has 0 bridgehead atoms. The van der Waals surface area contributed by atoms with Crippen molar-refractivity contribution in [3.05, 3.63) is 89.9 Å². The standard InChI is InChI=1S/C23H22N2O3/c26-22-12-5-13-25(22)20-10-4-9-19(15-20)23(27)24(17-21-11-6-14-28-21)16-18-7-2-1-3-8-18/h1-4,6-11,14-15H,5,12-13,16-17H2. The molecule has 0 atom stereocenters. The number of amides is 2. The summed E-state index contributed by atoms with van der Waals surface area (Å²) in [6.45, 7) is 1.57. The number of anilines is 1. The molecule has 2 aromatic carbocycles. The van der Waals surface area contributed by atoms with E-state index in [2.05, 4.69) is 0 Å². The molecule has 0 aliphatic carbocycles. The molecule has 0 unspecified atom stereocenters. The van der Waals surface area contributed by atoms with Crippen LogP contribution in [0.4, 0.5) is 5.69 Å². The first-order chi connectivity index (χ1) is 13.7. The van der Waals surface area contributed by atoms with Crippen LogP contribution in [0.25, 0.3) is 0 Å². The summed E-state index contributed by atoms with van der Waals surface area (Å²) in [5.41, 5.74) is 2.40. The molecular weight excluding hydrogens is 352 g/mol. The van der Waals surface area contributed by atoms with Gasteiger partial charge in [0.05, 0.1) is 12.8 Å². The van der Waals surface area contributed by atoms with Crippen molar-refractivity contribution in [1.29, 1.82) is 0 Å². The SMILES string of the molecule is O=C(c1cccc(N2CCCC2=O)c1)N(Cc1ccccc1)Cc1ccco1. The van der Waals surface area contributed by atoms with E-state index >= 15 is 0 Å². The summed E-state index contributed by atoms with van der Waals surface area (Å²) in [7, 11) is 0. The molecule has 0 saturated carbocycles. The zero-order valence-corrected chi connectivity index (χ0v) is 15.6. The molecule has 1 aromatic heterocycles. The number of furan rings is 1. The Bertz CT molecular complexity index is 951. The van der Waals surface area contributed by atoms with Crippen LogP contribution in [-0.4, -0.2) is 23.3 Å². The first kappa shape index (κ1) is 18.0. The Labute approximate surface area is 164 Å². The average Bonchev–Trinajstić information content (AvgIpc) is 3.39. The number of hydrogen-bond donors (Lipinski definition) is 0. The van der Waals surface area contributed by atoms with E-state index in [1.807, 2.05) is 60.7 Å². The topological polar surface area (TPSA) is 53.8 Å². The normalized spacial score (nSPS) is 13.7. The Morgan fingerprint density at radius 3 is 2.57 bits per heavy atom. The molecule has 2 heterocycles. The van der Waals surface area contributed by atoms with Crippen LogP contribution in [0.3, 0.4) is 0 Å². The minimum atomic E-state index is -0.0891. The number of benzene rings is 2. The molecule has 5 nitrogen and oxygen atoms in total. The van der Waals surface area contributed by atoms with Crippen molar-refractivity contribution in [3.63, 3.8) is 0 Å². The Kier molecular flexibility index (Phi) is 5.24. The van der Waals surface area contributed by atoms with Gasteiger partial charge < -0.3 is 14.2 Å². The van der Waals surface area contributed by atoms with E-state index in [1.54, 1.807) is 22.1 Å². The first-order valence-corrected chi connectivity index (χ1v) is 9.47. The fourth-order valence-electron chi connectivity index (χ4n) is 3.50. The van der Waals surface area contributed by atoms with Crippen LogP contribution in [0.15, 0.2) is 77.4 Å². The molecule has 1 saturated heterocycles. The molecule has 5 heteroatoms. The van der Waals surface area contributed by atoms with Gasteiger partial charge in [0.15, 0.2) is 0 Å². The van der Waals surface area contributed by atoms with Crippen molar-refractivity contribution in [2.24, 2.45) is 0 Å². The van der Waals surface area contributed by atoms with Crippen molar-refractivity contribution >= 4 is 17.5 Å². The van der Waals surface area contributed by atoms with Gasteiger partial charge >= 0.3 is 0 Å². The number of rotatable bonds is 6. The molecule has 3 aromatic rings. The third-order valence-corrected chi connectivity index (χ3v) is 4.91. The monoisotopic (exact) mass is 374 g/mol. The van der Waals surface area contributed by atoms with Gasteiger partial charge in [-0.3, -0.25) is 9.59 Å². The number of carbonyl (C=O) groups is 2. The van der Waals surface area contributed by atoms with E-state index < -0.39 is 0 Å². The summed E-state index contributed by atoms with van der Waals surface area (Å²) in [5.74, 6) is 0.755. The van der Waals surface area contributed by atoms with Crippen molar-refractivity contribution in [2.75, 3.05) is 11.4 Å². The minimum Gasteiger partial charge on any atom is -0.467 e. The summed E-state index contributed by atoms with van der Waals surface area (Å²) >= 11 is 0. The van der Waals surface area contributed by atoms with Crippen LogP contribution in [-0.2, 0) is 17.9 Å². The average molecular weight is 374 g/mol. The smallest absolute Gasteiger partial charge is 0.254 e. The van der Waals surface area contributed by atoms with E-state index in [0.717, 1.165) is 23.4 Å². The molecule has 1 aliphatic heterocycles. The molecule has 0 N–H and O–H groups in total. The first-order valence-electron chi connectivity index (χ1n) is 9.47. The van der Waals surface area contributed by atoms with Gasteiger partial charge in [-0.25, -0.2) is 0 Å². The number of nitrogens with zero attached hydrogens (tertiary/aromatic N) is 2. The third-order valence-electron chi connectivity index (χ3n) is 4.91. The van der Waals surface area contributed by atoms with Gasteiger partial charge in [0, 0.05) is 30.8 Å². The van der Waals surface area contributed by atoms with Crippen LogP contribution >= 0.6 is 0 Å². The van der Waals surface area contributed by atoms with Crippen LogP contribution in [0.2, 0.25) is 0 Å². The van der Waals surface area contributed by atoms with Gasteiger partial charge in [0.2, 0.25) is 5.91 Å². The van der Waals surface area contributed by atoms with Crippen molar-refractivity contribution in [3.8, 4) is 0 Å². The summed E-state index contributed by atoms with van der Waals surface area (Å²) in [6, 6.07) is 20.9. The molecule has 2 amide bonds. The highest BCUT2D eigenvalue weighted by atomic mass is 16.3. The van der Waals surface area contributed by atoms with Crippen molar-refractivity contribution in [1.82, 2.24) is 4.90 Å². The van der Waals surface area contributed by atoms with Crippen LogP contribution < -0.4 is 4.90 Å². The molecule has 4 rings (SSSR count). The molecule has 1 aliphatic rings. The van der Waals surface area contributed by atoms with E-state index in [1.165, 1.54) is 0 Å². The summed E-state index contributed by atoms with van der Waals surface area (Å²) < 4.78 is 5.46. The second-order valence-corrected chi connectivity index (χ2v) is 6.93. The fourth-order valence-corrected chi connectivity index (χ4v) is 3.50. The van der Waals surface area contributed by atoms with Gasteiger partial charge in [-0.1, -0.05) is 36.4 Å². The predicted molar refractivity (Wildman–Crippen MR) is 107 cm³/mol. The molecule has 0 radical (unpaired) electrons. The van der Waals surface area contributed by atoms with Crippen molar-refractivity contribution < 1.29 is 14.0 Å². The largest absolute Gasteiger partial charge is 0.467 e. The lowest BCUT2D eigenvalue weighted by atomic mass is 10.1. The van der Waals surface area contributed by atoms with Gasteiger partial charge in [-0.2, -0.15) is 0 Å². The maximum atomic E-state index is 13.3. The maximum absolute atomic E-state index is 13.3. The van der Waals surface area contributed by atoms with Gasteiger partial charge in [-0.05, 0) is 42.3 Å². The molecule has 1 fully saturated rings. The van der Waals surface area contributed by atoms with Gasteiger partial charge in [-0.15, -0.1) is 0 Å². The van der Waals surface area contributed by atoms with Crippen molar-refractivity contribution in [2.45, 2.75) is 25.9 Å². The van der Waals surface area contributed by atoms with E-state index in [9.17, 15) is 9.59 Å². The highest BCUT2D eigenvalue weighted by Gasteiger charge is 2.23. The lowest BCUT2D eigenvalue weighted by Gasteiger charge is -2.23. The Hall–Kier alpha value is -3.34. The number of carbonyl (C=O) groups excluding carboxylic acids is 2. The fraction of sp³-hybridized carbons (Fsp3) is 0.217. The summed E-state index contributed by atoms with van der Waals surface area (Å²) in [6.07, 6.45) is 3.03. The Morgan fingerprint density at radius 1 is 1.00 bits per heavy atom. The minimum absolute atomic E-state index is 0.0891. The summed E-state index contributed by atoms with van der Waals surface area (Å²) in [4.78, 5) is 28.9. The molecule has 0 spiro atoms. The van der Waals surface area contributed by atoms with Crippen LogP contribution in [0.1, 0.15) is 34.5 Å². The van der Waals surface area contributed by atoms with Gasteiger partial charge in [0.25, 0.3) is 5.91 Å². The van der Waals surface area contributed by atoms with Gasteiger partial charge in [0.1, 0.15) is 5.76 Å². The predicted octanol–water partition coefficient (Wildman–Crippen LogP) is 4.25. The quantitative estimate of drug-likeness (QED) is 0.648. The zero-order chi connectivity index (χ0) is 19.3. The Morgan fingerprint density at radius 2 is 1.86 bits per heavy atom. The highest BCUT2D eigenvalue weighted by molar-refractivity contribution is 5.99. The van der Waals surface area contributed by atoms with E-state index in [4.69, 9.17) is 4.42 Å². The second kappa shape index (κ2) is 8.13. The molecular formula is C23H22N2O3. The maximum Gasteiger partial charge on any atom is 0.254 e. The third kappa shape index (κ3) is 3.98.